The molecule has 1 aliphatic heterocycles. The van der Waals surface area contributed by atoms with Crippen molar-refractivity contribution in [2.45, 2.75) is 74.4 Å². The van der Waals surface area contributed by atoms with Gasteiger partial charge < -0.3 is 25.2 Å². The zero-order valence-electron chi connectivity index (χ0n) is 21.1. The number of aliphatic hydroxyl groups excluding tert-OH is 1. The third-order valence-corrected chi connectivity index (χ3v) is 8.20. The molecule has 0 aromatic carbocycles. The predicted octanol–water partition coefficient (Wildman–Crippen LogP) is 2.33. The number of ether oxygens (including phenoxy) is 1. The Hall–Kier alpha value is -3.26. The number of hydrogen-bond acceptors (Lipinski definition) is 7. The highest BCUT2D eigenvalue weighted by Gasteiger charge is 2.58. The molecule has 2 aromatic heterocycles. The van der Waals surface area contributed by atoms with E-state index in [2.05, 4.69) is 20.5 Å². The van der Waals surface area contributed by atoms with Crippen LogP contribution in [0.15, 0.2) is 18.3 Å². The fourth-order valence-corrected chi connectivity index (χ4v) is 5.70. The average molecular weight is 556 g/mol. The van der Waals surface area contributed by atoms with Crippen LogP contribution in [0, 0.1) is 11.7 Å². The molecule has 1 spiro atoms. The SMILES string of the molecule is COc1cc(-c2cc(C(=O)N3CCC(C(=O)N[C@@H]4CC[C@](O)(C(F)(F)F)C[C@H]4O)CC34CC4)[nH]n2)c(F)cn1. The maximum atomic E-state index is 14.3. The summed E-state index contributed by atoms with van der Waals surface area (Å²) in [4.78, 5) is 31.8. The highest BCUT2D eigenvalue weighted by atomic mass is 19.4. The summed E-state index contributed by atoms with van der Waals surface area (Å²) < 4.78 is 58.7. The first-order valence-corrected chi connectivity index (χ1v) is 12.7. The van der Waals surface area contributed by atoms with Crippen molar-refractivity contribution < 1.29 is 42.1 Å². The van der Waals surface area contributed by atoms with Gasteiger partial charge in [0.25, 0.3) is 5.91 Å². The quantitative estimate of drug-likeness (QED) is 0.415. The van der Waals surface area contributed by atoms with Crippen molar-refractivity contribution in [3.63, 3.8) is 0 Å². The second kappa shape index (κ2) is 9.73. The number of alkyl halides is 3. The third kappa shape index (κ3) is 5.07. The highest BCUT2D eigenvalue weighted by Crippen LogP contribution is 2.50. The number of halogens is 4. The molecular weight excluding hydrogens is 526 g/mol. The minimum absolute atomic E-state index is 0.118. The van der Waals surface area contributed by atoms with Crippen LogP contribution in [0.4, 0.5) is 17.6 Å². The molecule has 3 heterocycles. The van der Waals surface area contributed by atoms with Gasteiger partial charge in [0.15, 0.2) is 11.4 Å². The van der Waals surface area contributed by atoms with Crippen molar-refractivity contribution in [3.05, 3.63) is 29.8 Å². The van der Waals surface area contributed by atoms with Gasteiger partial charge in [0.2, 0.25) is 11.8 Å². The maximum absolute atomic E-state index is 14.3. The van der Waals surface area contributed by atoms with Gasteiger partial charge in [-0.25, -0.2) is 9.37 Å². The van der Waals surface area contributed by atoms with Gasteiger partial charge in [0.05, 0.1) is 31.1 Å². The number of H-pyrrole nitrogens is 1. The topological polar surface area (TPSA) is 141 Å². The van der Waals surface area contributed by atoms with Crippen LogP contribution in [0.2, 0.25) is 0 Å². The molecule has 4 atom stereocenters. The lowest BCUT2D eigenvalue weighted by atomic mass is 9.79. The number of nitrogens with one attached hydrogen (secondary N) is 2. The minimum Gasteiger partial charge on any atom is -0.481 e. The summed E-state index contributed by atoms with van der Waals surface area (Å²) in [6.45, 7) is 0.268. The molecule has 4 N–H and O–H groups in total. The number of carbonyl (C=O) groups is 2. The van der Waals surface area contributed by atoms with Gasteiger partial charge >= 0.3 is 6.18 Å². The van der Waals surface area contributed by atoms with E-state index in [4.69, 9.17) is 4.74 Å². The first-order chi connectivity index (χ1) is 18.4. The Bertz CT molecular complexity index is 1270. The standard InChI is InChI=1S/C25H29F4N5O5/c1-39-20-8-14(15(26)12-30-20)17-9-18(33-32-17)22(37)34-7-3-13(10-23(34)5-6-23)21(36)31-16-2-4-24(38,11-19(16)35)25(27,28)29/h8-9,12-13,16,19,35,38H,2-7,10-11H2,1H3,(H,31,36)(H,32,33)/t13?,16-,19-,24-/m1/s1. The van der Waals surface area contributed by atoms with Crippen LogP contribution >= 0.6 is 0 Å². The normalized spacial score (nSPS) is 28.3. The summed E-state index contributed by atoms with van der Waals surface area (Å²) in [6, 6.07) is 1.92. The van der Waals surface area contributed by atoms with Crippen LogP contribution in [0.1, 0.15) is 55.4 Å². The zero-order valence-corrected chi connectivity index (χ0v) is 21.1. The van der Waals surface area contributed by atoms with Crippen LogP contribution in [-0.4, -0.2) is 85.2 Å². The number of rotatable bonds is 5. The van der Waals surface area contributed by atoms with Crippen LogP contribution in [-0.2, 0) is 4.79 Å². The molecule has 39 heavy (non-hydrogen) atoms. The van der Waals surface area contributed by atoms with E-state index in [-0.39, 0.29) is 47.6 Å². The number of hydrogen-bond donors (Lipinski definition) is 4. The van der Waals surface area contributed by atoms with Gasteiger partial charge in [-0.3, -0.25) is 14.7 Å². The lowest BCUT2D eigenvalue weighted by Gasteiger charge is -2.42. The minimum atomic E-state index is -4.87. The zero-order chi connectivity index (χ0) is 28.2. The lowest BCUT2D eigenvalue weighted by molar-refractivity contribution is -0.279. The molecule has 3 aliphatic rings. The number of likely N-dealkylation sites (tertiary alicyclic amines) is 1. The molecule has 2 aliphatic carbocycles. The van der Waals surface area contributed by atoms with E-state index in [1.807, 2.05) is 0 Å². The molecule has 3 fully saturated rings. The number of amides is 2. The first kappa shape index (κ1) is 27.3. The molecule has 0 bridgehead atoms. The molecule has 14 heteroatoms. The van der Waals surface area contributed by atoms with Gasteiger partial charge in [-0.2, -0.15) is 18.3 Å². The Morgan fingerprint density at radius 1 is 1.21 bits per heavy atom. The second-order valence-electron chi connectivity index (χ2n) is 10.7. The number of methoxy groups -OCH3 is 1. The van der Waals surface area contributed by atoms with E-state index in [9.17, 15) is 37.4 Å². The largest absolute Gasteiger partial charge is 0.481 e. The van der Waals surface area contributed by atoms with E-state index in [0.29, 0.717) is 25.7 Å². The van der Waals surface area contributed by atoms with E-state index in [1.165, 1.54) is 19.2 Å². The molecule has 2 aromatic rings. The summed E-state index contributed by atoms with van der Waals surface area (Å²) >= 11 is 0. The smallest absolute Gasteiger partial charge is 0.417 e. The predicted molar refractivity (Wildman–Crippen MR) is 127 cm³/mol. The van der Waals surface area contributed by atoms with E-state index in [0.717, 1.165) is 6.20 Å². The molecule has 10 nitrogen and oxygen atoms in total. The third-order valence-electron chi connectivity index (χ3n) is 8.20. The van der Waals surface area contributed by atoms with Gasteiger partial charge in [-0.15, -0.1) is 0 Å². The summed E-state index contributed by atoms with van der Waals surface area (Å²) in [7, 11) is 1.40. The number of carbonyl (C=O) groups excluding carboxylic acids is 2. The van der Waals surface area contributed by atoms with Gasteiger partial charge in [0.1, 0.15) is 5.69 Å². The highest BCUT2D eigenvalue weighted by molar-refractivity contribution is 5.94. The fraction of sp³-hybridized carbons (Fsp3) is 0.600. The lowest BCUT2D eigenvalue weighted by Crippen LogP contribution is -2.58. The van der Waals surface area contributed by atoms with Crippen LogP contribution < -0.4 is 10.1 Å². The van der Waals surface area contributed by atoms with Crippen LogP contribution in [0.5, 0.6) is 5.88 Å². The van der Waals surface area contributed by atoms with Gasteiger partial charge in [-0.05, 0) is 44.6 Å². The van der Waals surface area contributed by atoms with Gasteiger partial charge in [-0.1, -0.05) is 0 Å². The van der Waals surface area contributed by atoms with Crippen LogP contribution in [0.25, 0.3) is 11.3 Å². The molecule has 1 unspecified atom stereocenters. The van der Waals surface area contributed by atoms with Crippen molar-refractivity contribution >= 4 is 11.8 Å². The Kier molecular flexibility index (Phi) is 6.82. The average Bonchev–Trinajstić information content (AvgIpc) is 3.46. The van der Waals surface area contributed by atoms with Crippen molar-refractivity contribution in [2.24, 2.45) is 5.92 Å². The maximum Gasteiger partial charge on any atom is 0.417 e. The monoisotopic (exact) mass is 555 g/mol. The molecule has 0 radical (unpaired) electrons. The molecule has 2 amide bonds. The Balaban J connectivity index is 1.22. The molecule has 2 saturated carbocycles. The Morgan fingerprint density at radius 2 is 1.95 bits per heavy atom. The summed E-state index contributed by atoms with van der Waals surface area (Å²) in [6.07, 6.45) is -5.06. The molecular formula is C25H29F4N5O5. The van der Waals surface area contributed by atoms with Gasteiger partial charge in [0, 0.05) is 36.1 Å². The number of nitrogens with zero attached hydrogens (tertiary/aromatic N) is 3. The van der Waals surface area contributed by atoms with Crippen molar-refractivity contribution in [3.8, 4) is 17.1 Å². The van der Waals surface area contributed by atoms with E-state index >= 15 is 0 Å². The van der Waals surface area contributed by atoms with Crippen molar-refractivity contribution in [1.29, 1.82) is 0 Å². The first-order valence-electron chi connectivity index (χ1n) is 12.7. The van der Waals surface area contributed by atoms with Crippen LogP contribution in [0.3, 0.4) is 0 Å². The summed E-state index contributed by atoms with van der Waals surface area (Å²) in [5, 5.41) is 29.5. The van der Waals surface area contributed by atoms with Crippen molar-refractivity contribution in [1.82, 2.24) is 25.4 Å². The van der Waals surface area contributed by atoms with E-state index < -0.39 is 54.0 Å². The molecule has 1 saturated heterocycles. The Morgan fingerprint density at radius 3 is 2.59 bits per heavy atom. The molecule has 212 valence electrons. The Labute approximate surface area is 220 Å². The number of aliphatic hydroxyl groups is 2. The van der Waals surface area contributed by atoms with E-state index in [1.54, 1.807) is 4.90 Å². The number of pyridine rings is 1. The summed E-state index contributed by atoms with van der Waals surface area (Å²) in [5.41, 5.74) is -3.02. The second-order valence-corrected chi connectivity index (χ2v) is 10.7. The number of piperidine rings is 1. The molecule has 5 rings (SSSR count). The number of aromatic amines is 1. The summed E-state index contributed by atoms with van der Waals surface area (Å²) in [5.74, 6) is -1.64. The van der Waals surface area contributed by atoms with Crippen molar-refractivity contribution in [2.75, 3.05) is 13.7 Å². The fourth-order valence-electron chi connectivity index (χ4n) is 5.70. The number of aromatic nitrogens is 3.